The maximum atomic E-state index is 11.2. The largest absolute Gasteiger partial charge is 0.465 e. The van der Waals surface area contributed by atoms with Crippen molar-refractivity contribution in [2.45, 2.75) is 0 Å². The predicted octanol–water partition coefficient (Wildman–Crippen LogP) is 0.928. The van der Waals surface area contributed by atoms with Crippen LogP contribution < -0.4 is 0 Å². The van der Waals surface area contributed by atoms with Gasteiger partial charge in [0.15, 0.2) is 12.1 Å². The SMILES string of the molecule is COC(=O)c1cnn(-c2ncsc2C=O)c1. The molecule has 0 aliphatic rings. The molecule has 2 rings (SSSR count). The zero-order valence-corrected chi connectivity index (χ0v) is 9.10. The summed E-state index contributed by atoms with van der Waals surface area (Å²) in [6.45, 7) is 0. The Hall–Kier alpha value is -2.02. The quantitative estimate of drug-likeness (QED) is 0.586. The molecule has 0 aliphatic carbocycles. The van der Waals surface area contributed by atoms with Gasteiger partial charge >= 0.3 is 5.97 Å². The Kier molecular flexibility index (Phi) is 2.78. The van der Waals surface area contributed by atoms with Crippen LogP contribution in [0.1, 0.15) is 20.0 Å². The maximum Gasteiger partial charge on any atom is 0.341 e. The van der Waals surface area contributed by atoms with Crippen LogP contribution in [0.15, 0.2) is 17.9 Å². The van der Waals surface area contributed by atoms with Crippen LogP contribution in [0.3, 0.4) is 0 Å². The Labute approximate surface area is 94.5 Å². The van der Waals surface area contributed by atoms with Crippen molar-refractivity contribution < 1.29 is 14.3 Å². The fourth-order valence-electron chi connectivity index (χ4n) is 1.16. The predicted molar refractivity (Wildman–Crippen MR) is 56.0 cm³/mol. The zero-order chi connectivity index (χ0) is 11.5. The standard InChI is InChI=1S/C9H7N3O3S/c1-15-9(14)6-2-11-12(3-6)8-7(4-13)16-5-10-8/h2-5H,1H3. The highest BCUT2D eigenvalue weighted by atomic mass is 32.1. The molecule has 0 fully saturated rings. The molecule has 0 bridgehead atoms. The lowest BCUT2D eigenvalue weighted by Crippen LogP contribution is -2.00. The first-order valence-corrected chi connectivity index (χ1v) is 5.16. The molecule has 0 aromatic carbocycles. The Morgan fingerprint density at radius 1 is 1.62 bits per heavy atom. The minimum absolute atomic E-state index is 0.312. The van der Waals surface area contributed by atoms with Gasteiger partial charge in [0.25, 0.3) is 0 Å². The van der Waals surface area contributed by atoms with Crippen LogP contribution >= 0.6 is 11.3 Å². The van der Waals surface area contributed by atoms with Crippen LogP contribution in [-0.2, 0) is 4.74 Å². The number of aromatic nitrogens is 3. The van der Waals surface area contributed by atoms with Crippen LogP contribution in [0.5, 0.6) is 0 Å². The molecule has 0 atom stereocenters. The summed E-state index contributed by atoms with van der Waals surface area (Å²) in [5.41, 5.74) is 1.85. The molecule has 2 heterocycles. The van der Waals surface area contributed by atoms with Crippen LogP contribution in [0.2, 0.25) is 0 Å². The summed E-state index contributed by atoms with van der Waals surface area (Å²) in [6, 6.07) is 0. The maximum absolute atomic E-state index is 11.2. The van der Waals surface area contributed by atoms with E-state index in [0.29, 0.717) is 22.5 Å². The first-order valence-electron chi connectivity index (χ1n) is 4.28. The number of ether oxygens (including phenoxy) is 1. The molecule has 0 radical (unpaired) electrons. The van der Waals surface area contributed by atoms with Crippen LogP contribution in [-0.4, -0.2) is 34.1 Å². The fraction of sp³-hybridized carbons (Fsp3) is 0.111. The Balaban J connectivity index is 2.38. The van der Waals surface area contributed by atoms with Gasteiger partial charge in [-0.1, -0.05) is 0 Å². The van der Waals surface area contributed by atoms with E-state index in [9.17, 15) is 9.59 Å². The normalized spacial score (nSPS) is 10.1. The number of esters is 1. The number of carbonyl (C=O) groups excluding carboxylic acids is 2. The zero-order valence-electron chi connectivity index (χ0n) is 8.28. The Morgan fingerprint density at radius 2 is 2.44 bits per heavy atom. The number of thiazole rings is 1. The molecule has 6 nitrogen and oxygen atoms in total. The number of carbonyl (C=O) groups is 2. The highest BCUT2D eigenvalue weighted by Crippen LogP contribution is 2.15. The number of rotatable bonds is 3. The van der Waals surface area contributed by atoms with Crippen molar-refractivity contribution in [3.63, 3.8) is 0 Å². The molecule has 82 valence electrons. The minimum atomic E-state index is -0.478. The number of hydrogen-bond acceptors (Lipinski definition) is 6. The highest BCUT2D eigenvalue weighted by Gasteiger charge is 2.12. The van der Waals surface area contributed by atoms with E-state index >= 15 is 0 Å². The molecular formula is C9H7N3O3S. The van der Waals surface area contributed by atoms with Crippen molar-refractivity contribution in [2.24, 2.45) is 0 Å². The lowest BCUT2D eigenvalue weighted by molar-refractivity contribution is 0.0600. The second kappa shape index (κ2) is 4.23. The van der Waals surface area contributed by atoms with Crippen molar-refractivity contribution in [3.8, 4) is 5.82 Å². The van der Waals surface area contributed by atoms with Gasteiger partial charge < -0.3 is 4.74 Å². The van der Waals surface area contributed by atoms with E-state index < -0.39 is 5.97 Å². The van der Waals surface area contributed by atoms with Crippen LogP contribution in [0.4, 0.5) is 0 Å². The number of hydrogen-bond donors (Lipinski definition) is 0. The van der Waals surface area contributed by atoms with E-state index in [-0.39, 0.29) is 0 Å². The van der Waals surface area contributed by atoms with Gasteiger partial charge in [0.1, 0.15) is 4.88 Å². The summed E-state index contributed by atoms with van der Waals surface area (Å²) in [5.74, 6) is -0.0655. The monoisotopic (exact) mass is 237 g/mol. The molecule has 0 unspecified atom stereocenters. The van der Waals surface area contributed by atoms with Crippen molar-refractivity contribution in [2.75, 3.05) is 7.11 Å². The first kappa shape index (κ1) is 10.5. The summed E-state index contributed by atoms with van der Waals surface area (Å²) in [7, 11) is 1.29. The van der Waals surface area contributed by atoms with Crippen molar-refractivity contribution >= 4 is 23.6 Å². The topological polar surface area (TPSA) is 74.1 Å². The molecule has 0 aliphatic heterocycles. The van der Waals surface area contributed by atoms with Crippen LogP contribution in [0, 0.1) is 0 Å². The molecule has 0 saturated heterocycles. The first-order chi connectivity index (χ1) is 7.76. The Bertz CT molecular complexity index is 532. The lowest BCUT2D eigenvalue weighted by Gasteiger charge is -1.95. The molecule has 0 amide bonds. The van der Waals surface area contributed by atoms with E-state index in [2.05, 4.69) is 14.8 Å². The summed E-state index contributed by atoms with van der Waals surface area (Å²) >= 11 is 1.21. The minimum Gasteiger partial charge on any atom is -0.465 e. The van der Waals surface area contributed by atoms with E-state index in [4.69, 9.17) is 0 Å². The third kappa shape index (κ3) is 1.72. The van der Waals surface area contributed by atoms with Gasteiger partial charge in [0.2, 0.25) is 0 Å². The summed E-state index contributed by atoms with van der Waals surface area (Å²) in [6.07, 6.45) is 3.53. The molecule has 16 heavy (non-hydrogen) atoms. The van der Waals surface area contributed by atoms with Crippen molar-refractivity contribution in [1.82, 2.24) is 14.8 Å². The van der Waals surface area contributed by atoms with Gasteiger partial charge in [0, 0.05) is 6.20 Å². The fourth-order valence-corrected chi connectivity index (χ4v) is 1.74. The van der Waals surface area contributed by atoms with Gasteiger partial charge in [-0.15, -0.1) is 11.3 Å². The van der Waals surface area contributed by atoms with E-state index in [1.165, 1.54) is 35.5 Å². The Morgan fingerprint density at radius 3 is 3.12 bits per heavy atom. The lowest BCUT2D eigenvalue weighted by atomic mass is 10.4. The molecule has 2 aromatic rings. The molecular weight excluding hydrogens is 230 g/mol. The van der Waals surface area contributed by atoms with E-state index in [1.54, 1.807) is 5.51 Å². The van der Waals surface area contributed by atoms with Gasteiger partial charge in [0.05, 0.1) is 24.4 Å². The molecule has 0 N–H and O–H groups in total. The summed E-state index contributed by atoms with van der Waals surface area (Å²) in [5, 5.41) is 3.94. The van der Waals surface area contributed by atoms with Crippen molar-refractivity contribution in [1.29, 1.82) is 0 Å². The van der Waals surface area contributed by atoms with E-state index in [1.807, 2.05) is 0 Å². The summed E-state index contributed by atoms with van der Waals surface area (Å²) in [4.78, 5) is 26.3. The third-order valence-electron chi connectivity index (χ3n) is 1.90. The number of methoxy groups -OCH3 is 1. The van der Waals surface area contributed by atoms with Gasteiger partial charge in [-0.2, -0.15) is 5.10 Å². The van der Waals surface area contributed by atoms with Gasteiger partial charge in [-0.25, -0.2) is 14.5 Å². The molecule has 0 spiro atoms. The second-order valence-electron chi connectivity index (χ2n) is 2.82. The average Bonchev–Trinajstić information content (AvgIpc) is 2.95. The van der Waals surface area contributed by atoms with E-state index in [0.717, 1.165) is 0 Å². The number of nitrogens with zero attached hydrogens (tertiary/aromatic N) is 3. The second-order valence-corrected chi connectivity index (χ2v) is 3.71. The summed E-state index contributed by atoms with van der Waals surface area (Å²) < 4.78 is 5.91. The van der Waals surface area contributed by atoms with Gasteiger partial charge in [-0.05, 0) is 0 Å². The number of aldehydes is 1. The molecule has 7 heteroatoms. The molecule has 2 aromatic heterocycles. The van der Waals surface area contributed by atoms with Crippen molar-refractivity contribution in [3.05, 3.63) is 28.3 Å². The average molecular weight is 237 g/mol. The molecule has 0 saturated carbocycles. The third-order valence-corrected chi connectivity index (χ3v) is 2.65. The highest BCUT2D eigenvalue weighted by molar-refractivity contribution is 7.11. The van der Waals surface area contributed by atoms with Crippen LogP contribution in [0.25, 0.3) is 5.82 Å². The van der Waals surface area contributed by atoms with Gasteiger partial charge in [-0.3, -0.25) is 4.79 Å². The smallest absolute Gasteiger partial charge is 0.341 e.